The van der Waals surface area contributed by atoms with Crippen molar-refractivity contribution in [1.29, 1.82) is 0 Å². The van der Waals surface area contributed by atoms with Gasteiger partial charge in [-0.2, -0.15) is 0 Å². The molecule has 0 unspecified atom stereocenters. The zero-order chi connectivity index (χ0) is 9.73. The highest BCUT2D eigenvalue weighted by Gasteiger charge is 2.40. The topological polar surface area (TPSA) is 46.5 Å². The predicted molar refractivity (Wildman–Crippen MR) is 50.1 cm³/mol. The van der Waals surface area contributed by atoms with Gasteiger partial charge in [0.15, 0.2) is 5.60 Å². The minimum absolute atomic E-state index is 0.327. The van der Waals surface area contributed by atoms with Crippen LogP contribution in [0.15, 0.2) is 0 Å². The monoisotopic (exact) mass is 206 g/mol. The molecule has 13 heavy (non-hydrogen) atoms. The minimum Gasteiger partial charge on any atom is -0.479 e. The highest BCUT2D eigenvalue weighted by atomic mass is 35.5. The number of hydrogen-bond acceptors (Lipinski definition) is 2. The van der Waals surface area contributed by atoms with Gasteiger partial charge in [-0.15, -0.1) is 11.6 Å². The summed E-state index contributed by atoms with van der Waals surface area (Å²) >= 11 is 5.47. The van der Waals surface area contributed by atoms with E-state index in [9.17, 15) is 4.79 Å². The van der Waals surface area contributed by atoms with Gasteiger partial charge in [-0.25, -0.2) is 4.79 Å². The lowest BCUT2D eigenvalue weighted by Gasteiger charge is -2.32. The van der Waals surface area contributed by atoms with Crippen molar-refractivity contribution in [2.45, 2.75) is 37.7 Å². The van der Waals surface area contributed by atoms with E-state index in [2.05, 4.69) is 0 Å². The second-order valence-corrected chi connectivity index (χ2v) is 3.78. The van der Waals surface area contributed by atoms with Crippen LogP contribution in [0.5, 0.6) is 0 Å². The van der Waals surface area contributed by atoms with Crippen LogP contribution in [-0.2, 0) is 9.53 Å². The summed E-state index contributed by atoms with van der Waals surface area (Å²) in [5.74, 6) is -0.480. The molecule has 0 spiro atoms. The highest BCUT2D eigenvalue weighted by molar-refractivity contribution is 6.18. The largest absolute Gasteiger partial charge is 0.479 e. The Morgan fingerprint density at radius 1 is 1.38 bits per heavy atom. The third-order valence-electron chi connectivity index (χ3n) is 2.51. The number of halogens is 1. The summed E-state index contributed by atoms with van der Waals surface area (Å²) in [7, 11) is 0. The van der Waals surface area contributed by atoms with E-state index in [0.717, 1.165) is 19.3 Å². The fourth-order valence-corrected chi connectivity index (χ4v) is 1.85. The molecule has 3 nitrogen and oxygen atoms in total. The van der Waals surface area contributed by atoms with E-state index in [1.165, 1.54) is 0 Å². The van der Waals surface area contributed by atoms with Crippen molar-refractivity contribution in [3.05, 3.63) is 0 Å². The maximum atomic E-state index is 11.0. The van der Waals surface area contributed by atoms with Gasteiger partial charge in [0.05, 0.1) is 6.61 Å². The smallest absolute Gasteiger partial charge is 0.335 e. The molecular weight excluding hydrogens is 192 g/mol. The molecule has 1 saturated carbocycles. The summed E-state index contributed by atoms with van der Waals surface area (Å²) in [6.07, 6.45) is 4.24. The third kappa shape index (κ3) is 2.58. The van der Waals surface area contributed by atoms with Crippen molar-refractivity contribution in [1.82, 2.24) is 0 Å². The standard InChI is InChI=1S/C9H15ClO3/c10-6-7-13-9(8(11)12)4-2-1-3-5-9/h1-7H2,(H,11,12). The van der Waals surface area contributed by atoms with Crippen LogP contribution in [0.1, 0.15) is 32.1 Å². The first kappa shape index (κ1) is 10.8. The van der Waals surface area contributed by atoms with Crippen LogP contribution in [0.3, 0.4) is 0 Å². The van der Waals surface area contributed by atoms with Gasteiger partial charge in [0.1, 0.15) is 0 Å². The van der Waals surface area contributed by atoms with Crippen molar-refractivity contribution < 1.29 is 14.6 Å². The molecule has 0 bridgehead atoms. The van der Waals surface area contributed by atoms with Gasteiger partial charge in [0, 0.05) is 5.88 Å². The lowest BCUT2D eigenvalue weighted by molar-refractivity contribution is -0.169. The second kappa shape index (κ2) is 4.82. The maximum Gasteiger partial charge on any atom is 0.335 e. The number of ether oxygens (including phenoxy) is 1. The first-order valence-corrected chi connectivity index (χ1v) is 5.18. The van der Waals surface area contributed by atoms with Crippen LogP contribution in [-0.4, -0.2) is 29.2 Å². The van der Waals surface area contributed by atoms with Gasteiger partial charge >= 0.3 is 5.97 Å². The van der Waals surface area contributed by atoms with Gasteiger partial charge in [0.2, 0.25) is 0 Å². The Bertz CT molecular complexity index is 176. The Labute approximate surface area is 83.0 Å². The first-order valence-electron chi connectivity index (χ1n) is 4.64. The lowest BCUT2D eigenvalue weighted by atomic mass is 9.85. The molecule has 0 heterocycles. The normalized spacial score (nSPS) is 21.3. The molecule has 0 radical (unpaired) electrons. The lowest BCUT2D eigenvalue weighted by Crippen LogP contribution is -2.43. The molecule has 1 fully saturated rings. The third-order valence-corrected chi connectivity index (χ3v) is 2.66. The summed E-state index contributed by atoms with van der Waals surface area (Å²) in [5, 5.41) is 9.05. The van der Waals surface area contributed by atoms with E-state index < -0.39 is 11.6 Å². The van der Waals surface area contributed by atoms with E-state index in [-0.39, 0.29) is 0 Å². The predicted octanol–water partition coefficient (Wildman–Crippen LogP) is 2.03. The van der Waals surface area contributed by atoms with Gasteiger partial charge in [-0.05, 0) is 25.7 Å². The van der Waals surface area contributed by atoms with Crippen molar-refractivity contribution >= 4 is 17.6 Å². The summed E-state index contributed by atoms with van der Waals surface area (Å²) in [6.45, 7) is 0.327. The van der Waals surface area contributed by atoms with E-state index in [1.54, 1.807) is 0 Å². The molecule has 0 atom stereocenters. The van der Waals surface area contributed by atoms with Crippen LogP contribution in [0.25, 0.3) is 0 Å². The Hall–Kier alpha value is -0.280. The Morgan fingerprint density at radius 3 is 2.46 bits per heavy atom. The van der Waals surface area contributed by atoms with Crippen LogP contribution < -0.4 is 0 Å². The van der Waals surface area contributed by atoms with Crippen molar-refractivity contribution in [2.24, 2.45) is 0 Å². The van der Waals surface area contributed by atoms with Crippen LogP contribution in [0.2, 0.25) is 0 Å². The number of carboxylic acids is 1. The molecule has 1 rings (SSSR count). The molecule has 1 aliphatic carbocycles. The van der Waals surface area contributed by atoms with Gasteiger partial charge in [-0.1, -0.05) is 6.42 Å². The average Bonchev–Trinajstić information content (AvgIpc) is 2.16. The number of carboxylic acid groups (broad SMARTS) is 1. The minimum atomic E-state index is -0.937. The van der Waals surface area contributed by atoms with Gasteiger partial charge in [0.25, 0.3) is 0 Å². The van der Waals surface area contributed by atoms with E-state index in [1.807, 2.05) is 0 Å². The number of carbonyl (C=O) groups is 1. The van der Waals surface area contributed by atoms with Crippen LogP contribution in [0, 0.1) is 0 Å². The Kier molecular flexibility index (Phi) is 4.00. The van der Waals surface area contributed by atoms with E-state index >= 15 is 0 Å². The van der Waals surface area contributed by atoms with Crippen molar-refractivity contribution in [3.63, 3.8) is 0 Å². The summed E-state index contributed by atoms with van der Waals surface area (Å²) < 4.78 is 5.35. The summed E-state index contributed by atoms with van der Waals surface area (Å²) in [6, 6.07) is 0. The quantitative estimate of drug-likeness (QED) is 0.716. The summed E-state index contributed by atoms with van der Waals surface area (Å²) in [4.78, 5) is 11.0. The molecular formula is C9H15ClO3. The zero-order valence-electron chi connectivity index (χ0n) is 7.59. The first-order chi connectivity index (χ1) is 6.21. The van der Waals surface area contributed by atoms with Gasteiger partial charge < -0.3 is 9.84 Å². The number of aliphatic carboxylic acids is 1. The molecule has 0 amide bonds. The van der Waals surface area contributed by atoms with Crippen LogP contribution in [0.4, 0.5) is 0 Å². The molecule has 0 aromatic carbocycles. The maximum absolute atomic E-state index is 11.0. The van der Waals surface area contributed by atoms with Crippen LogP contribution >= 0.6 is 11.6 Å². The number of rotatable bonds is 4. The molecule has 0 aromatic heterocycles. The highest BCUT2D eigenvalue weighted by Crippen LogP contribution is 2.31. The van der Waals surface area contributed by atoms with Crippen molar-refractivity contribution in [2.75, 3.05) is 12.5 Å². The fourth-order valence-electron chi connectivity index (χ4n) is 1.78. The molecule has 1 aliphatic rings. The molecule has 0 saturated heterocycles. The average molecular weight is 207 g/mol. The molecule has 4 heteroatoms. The fraction of sp³-hybridized carbons (Fsp3) is 0.889. The Balaban J connectivity index is 2.56. The zero-order valence-corrected chi connectivity index (χ0v) is 8.35. The summed E-state index contributed by atoms with van der Waals surface area (Å²) in [5.41, 5.74) is -0.937. The van der Waals surface area contributed by atoms with E-state index in [0.29, 0.717) is 25.3 Å². The number of hydrogen-bond donors (Lipinski definition) is 1. The number of alkyl halides is 1. The second-order valence-electron chi connectivity index (χ2n) is 3.40. The SMILES string of the molecule is O=C(O)C1(OCCCl)CCCCC1. The molecule has 76 valence electrons. The van der Waals surface area contributed by atoms with Crippen molar-refractivity contribution in [3.8, 4) is 0 Å². The molecule has 0 aliphatic heterocycles. The van der Waals surface area contributed by atoms with E-state index in [4.69, 9.17) is 21.4 Å². The molecule has 0 aromatic rings. The molecule has 1 N–H and O–H groups in total. The Morgan fingerprint density at radius 2 is 2.00 bits per heavy atom. The van der Waals surface area contributed by atoms with Gasteiger partial charge in [-0.3, -0.25) is 0 Å².